The van der Waals surface area contributed by atoms with Crippen molar-refractivity contribution in [1.29, 1.82) is 0 Å². The fraction of sp³-hybridized carbons (Fsp3) is 0.353. The molecule has 1 saturated heterocycles. The fourth-order valence-corrected chi connectivity index (χ4v) is 2.88. The smallest absolute Gasteiger partial charge is 0.0722 e. The number of aliphatic hydroxyl groups is 1. The number of hydrogen-bond acceptors (Lipinski definition) is 3. The number of hydrogen-bond donors (Lipinski definition) is 1. The molecule has 3 rings (SSSR count). The summed E-state index contributed by atoms with van der Waals surface area (Å²) in [6.45, 7) is 1.81. The molecule has 2 aromatic rings. The van der Waals surface area contributed by atoms with Crippen molar-refractivity contribution in [2.45, 2.75) is 24.9 Å². The lowest BCUT2D eigenvalue weighted by molar-refractivity contribution is 0.0165. The number of piperidine rings is 1. The summed E-state index contributed by atoms with van der Waals surface area (Å²) < 4.78 is 0. The van der Waals surface area contributed by atoms with E-state index in [1.807, 2.05) is 24.4 Å². The van der Waals surface area contributed by atoms with Gasteiger partial charge in [-0.1, -0.05) is 24.3 Å². The Morgan fingerprint density at radius 2 is 1.80 bits per heavy atom. The van der Waals surface area contributed by atoms with Gasteiger partial charge in [-0.25, -0.2) is 0 Å². The van der Waals surface area contributed by atoms with Gasteiger partial charge in [0.2, 0.25) is 0 Å². The van der Waals surface area contributed by atoms with Crippen LogP contribution < -0.4 is 4.90 Å². The van der Waals surface area contributed by atoms with Crippen LogP contribution in [0.4, 0.5) is 5.69 Å². The van der Waals surface area contributed by atoms with Crippen LogP contribution in [0.5, 0.6) is 0 Å². The third-order valence-corrected chi connectivity index (χ3v) is 4.07. The number of aromatic nitrogens is 1. The maximum Gasteiger partial charge on any atom is 0.0722 e. The molecule has 0 atom stereocenters. The van der Waals surface area contributed by atoms with Crippen LogP contribution in [0.1, 0.15) is 18.4 Å². The minimum Gasteiger partial charge on any atom is -0.389 e. The molecular formula is C17H20N2O. The van der Waals surface area contributed by atoms with Crippen molar-refractivity contribution in [1.82, 2.24) is 4.98 Å². The Labute approximate surface area is 119 Å². The lowest BCUT2D eigenvalue weighted by atomic mass is 9.85. The summed E-state index contributed by atoms with van der Waals surface area (Å²) in [7, 11) is 0. The molecule has 1 aromatic heterocycles. The van der Waals surface area contributed by atoms with Gasteiger partial charge in [0.15, 0.2) is 0 Å². The normalized spacial score (nSPS) is 17.9. The second kappa shape index (κ2) is 5.63. The molecule has 0 radical (unpaired) electrons. The number of nitrogens with zero attached hydrogens (tertiary/aromatic N) is 2. The SMILES string of the molecule is OC1(Cc2cccnc2)CCN(c2ccccc2)CC1. The van der Waals surface area contributed by atoms with E-state index in [0.29, 0.717) is 6.42 Å². The first-order chi connectivity index (χ1) is 9.75. The van der Waals surface area contributed by atoms with Crippen LogP contribution >= 0.6 is 0 Å². The highest BCUT2D eigenvalue weighted by Gasteiger charge is 2.32. The maximum absolute atomic E-state index is 10.7. The molecule has 3 nitrogen and oxygen atoms in total. The first-order valence-corrected chi connectivity index (χ1v) is 7.16. The zero-order valence-corrected chi connectivity index (χ0v) is 11.6. The fourth-order valence-electron chi connectivity index (χ4n) is 2.88. The number of pyridine rings is 1. The van der Waals surface area contributed by atoms with Crippen molar-refractivity contribution >= 4 is 5.69 Å². The second-order valence-corrected chi connectivity index (χ2v) is 5.58. The Morgan fingerprint density at radius 1 is 1.05 bits per heavy atom. The standard InChI is InChI=1S/C17H20N2O/c20-17(13-15-5-4-10-18-14-15)8-11-19(12-9-17)16-6-2-1-3-7-16/h1-7,10,14,20H,8-9,11-13H2. The molecule has 0 spiro atoms. The molecule has 0 unspecified atom stereocenters. The molecule has 3 heteroatoms. The molecule has 0 amide bonds. The predicted molar refractivity (Wildman–Crippen MR) is 80.8 cm³/mol. The highest BCUT2D eigenvalue weighted by molar-refractivity contribution is 5.46. The summed E-state index contributed by atoms with van der Waals surface area (Å²) >= 11 is 0. The van der Waals surface area contributed by atoms with Crippen molar-refractivity contribution in [3.05, 3.63) is 60.4 Å². The first kappa shape index (κ1) is 13.1. The van der Waals surface area contributed by atoms with Gasteiger partial charge >= 0.3 is 0 Å². The summed E-state index contributed by atoms with van der Waals surface area (Å²) in [4.78, 5) is 6.47. The molecular weight excluding hydrogens is 248 g/mol. The van der Waals surface area contributed by atoms with Gasteiger partial charge in [-0.3, -0.25) is 4.98 Å². The first-order valence-electron chi connectivity index (χ1n) is 7.16. The molecule has 1 fully saturated rings. The lowest BCUT2D eigenvalue weighted by Gasteiger charge is -2.39. The Morgan fingerprint density at radius 3 is 2.45 bits per heavy atom. The third kappa shape index (κ3) is 2.99. The average Bonchev–Trinajstić information content (AvgIpc) is 2.50. The molecule has 1 aliphatic heterocycles. The Kier molecular flexibility index (Phi) is 3.70. The molecule has 0 aliphatic carbocycles. The number of para-hydroxylation sites is 1. The van der Waals surface area contributed by atoms with E-state index in [4.69, 9.17) is 0 Å². The van der Waals surface area contributed by atoms with Crippen LogP contribution in [-0.4, -0.2) is 28.8 Å². The molecule has 20 heavy (non-hydrogen) atoms. The summed E-state index contributed by atoms with van der Waals surface area (Å²) in [6.07, 6.45) is 5.92. The maximum atomic E-state index is 10.7. The molecule has 1 aromatic carbocycles. The van der Waals surface area contributed by atoms with E-state index in [1.165, 1.54) is 5.69 Å². The summed E-state index contributed by atoms with van der Waals surface area (Å²) in [6, 6.07) is 14.4. The zero-order chi connectivity index (χ0) is 13.8. The van der Waals surface area contributed by atoms with Gasteiger partial charge in [0.1, 0.15) is 0 Å². The van der Waals surface area contributed by atoms with Crippen molar-refractivity contribution in [2.75, 3.05) is 18.0 Å². The molecule has 2 heterocycles. The van der Waals surface area contributed by atoms with Crippen LogP contribution in [0, 0.1) is 0 Å². The molecule has 104 valence electrons. The van der Waals surface area contributed by atoms with Gasteiger partial charge < -0.3 is 10.0 Å². The van der Waals surface area contributed by atoms with Crippen LogP contribution in [0.15, 0.2) is 54.9 Å². The minimum absolute atomic E-state index is 0.589. The summed E-state index contributed by atoms with van der Waals surface area (Å²) in [5, 5.41) is 10.7. The van der Waals surface area contributed by atoms with E-state index < -0.39 is 5.60 Å². The molecule has 0 bridgehead atoms. The quantitative estimate of drug-likeness (QED) is 0.929. The van der Waals surface area contributed by atoms with Crippen molar-refractivity contribution in [2.24, 2.45) is 0 Å². The van der Waals surface area contributed by atoms with Gasteiger partial charge in [-0.2, -0.15) is 0 Å². The highest BCUT2D eigenvalue weighted by Crippen LogP contribution is 2.28. The molecule has 1 N–H and O–H groups in total. The minimum atomic E-state index is -0.589. The molecule has 1 aliphatic rings. The van der Waals surface area contributed by atoms with Gasteiger partial charge in [0, 0.05) is 37.6 Å². The topological polar surface area (TPSA) is 36.4 Å². The van der Waals surface area contributed by atoms with E-state index in [0.717, 1.165) is 31.5 Å². The predicted octanol–water partition coefficient (Wildman–Crippen LogP) is 2.66. The number of anilines is 1. The van der Waals surface area contributed by atoms with E-state index in [1.54, 1.807) is 6.20 Å². The lowest BCUT2D eigenvalue weighted by Crippen LogP contribution is -2.45. The zero-order valence-electron chi connectivity index (χ0n) is 11.6. The van der Waals surface area contributed by atoms with E-state index in [-0.39, 0.29) is 0 Å². The van der Waals surface area contributed by atoms with Crippen molar-refractivity contribution < 1.29 is 5.11 Å². The van der Waals surface area contributed by atoms with Gasteiger partial charge in [0.25, 0.3) is 0 Å². The van der Waals surface area contributed by atoms with Gasteiger partial charge in [0.05, 0.1) is 5.60 Å². The average molecular weight is 268 g/mol. The van der Waals surface area contributed by atoms with Crippen LogP contribution in [-0.2, 0) is 6.42 Å². The van der Waals surface area contributed by atoms with E-state index in [2.05, 4.69) is 34.1 Å². The third-order valence-electron chi connectivity index (χ3n) is 4.07. The van der Waals surface area contributed by atoms with Crippen molar-refractivity contribution in [3.63, 3.8) is 0 Å². The number of benzene rings is 1. The van der Waals surface area contributed by atoms with E-state index >= 15 is 0 Å². The Balaban J connectivity index is 1.63. The van der Waals surface area contributed by atoms with Crippen molar-refractivity contribution in [3.8, 4) is 0 Å². The van der Waals surface area contributed by atoms with Gasteiger partial charge in [-0.05, 0) is 36.6 Å². The Bertz CT molecular complexity index is 533. The summed E-state index contributed by atoms with van der Waals surface area (Å²) in [5.41, 5.74) is 1.77. The van der Waals surface area contributed by atoms with Gasteiger partial charge in [-0.15, -0.1) is 0 Å². The van der Waals surface area contributed by atoms with E-state index in [9.17, 15) is 5.11 Å². The second-order valence-electron chi connectivity index (χ2n) is 5.58. The largest absolute Gasteiger partial charge is 0.389 e. The van der Waals surface area contributed by atoms with Crippen LogP contribution in [0.2, 0.25) is 0 Å². The van der Waals surface area contributed by atoms with Crippen LogP contribution in [0.3, 0.4) is 0 Å². The highest BCUT2D eigenvalue weighted by atomic mass is 16.3. The summed E-state index contributed by atoms with van der Waals surface area (Å²) in [5.74, 6) is 0. The molecule has 0 saturated carbocycles. The van der Waals surface area contributed by atoms with Crippen LogP contribution in [0.25, 0.3) is 0 Å². The number of rotatable bonds is 3. The Hall–Kier alpha value is -1.87. The monoisotopic (exact) mass is 268 g/mol.